The minimum absolute atomic E-state index is 0.0505. The van der Waals surface area contributed by atoms with Gasteiger partial charge < -0.3 is 5.32 Å². The fraction of sp³-hybridized carbons (Fsp3) is 0.308. The second kappa shape index (κ2) is 5.95. The topological polar surface area (TPSA) is 59.8 Å². The largest absolute Gasteiger partial charge is 0.352 e. The van der Waals surface area contributed by atoms with Crippen molar-refractivity contribution in [3.8, 4) is 5.69 Å². The standard InChI is InChI=1S/C13H16N4O/c1-2-3-7-14-13(18)11-5-4-6-12(10-11)17-9-8-15-16-17/h4-6,8-10H,2-3,7H2,1H3,(H,14,18). The Kier molecular flexibility index (Phi) is 4.06. The normalized spacial score (nSPS) is 10.3. The first kappa shape index (κ1) is 12.3. The van der Waals surface area contributed by atoms with Crippen molar-refractivity contribution in [1.29, 1.82) is 0 Å². The van der Waals surface area contributed by atoms with Crippen molar-refractivity contribution in [3.05, 3.63) is 42.2 Å². The van der Waals surface area contributed by atoms with Gasteiger partial charge in [-0.3, -0.25) is 4.79 Å². The second-order valence-electron chi connectivity index (χ2n) is 4.01. The minimum atomic E-state index is -0.0505. The zero-order valence-electron chi connectivity index (χ0n) is 10.3. The quantitative estimate of drug-likeness (QED) is 0.816. The van der Waals surface area contributed by atoms with E-state index in [-0.39, 0.29) is 5.91 Å². The van der Waals surface area contributed by atoms with Gasteiger partial charge in [0, 0.05) is 12.1 Å². The van der Waals surface area contributed by atoms with E-state index >= 15 is 0 Å². The molecule has 1 amide bonds. The molecule has 5 heteroatoms. The van der Waals surface area contributed by atoms with E-state index in [1.165, 1.54) is 0 Å². The lowest BCUT2D eigenvalue weighted by Crippen LogP contribution is -2.24. The molecule has 0 aliphatic carbocycles. The number of carbonyl (C=O) groups is 1. The van der Waals surface area contributed by atoms with E-state index in [0.29, 0.717) is 12.1 Å². The summed E-state index contributed by atoms with van der Waals surface area (Å²) in [5, 5.41) is 10.5. The third kappa shape index (κ3) is 2.94. The average Bonchev–Trinajstić information content (AvgIpc) is 2.93. The highest BCUT2D eigenvalue weighted by molar-refractivity contribution is 5.94. The van der Waals surface area contributed by atoms with Gasteiger partial charge in [-0.2, -0.15) is 0 Å². The van der Waals surface area contributed by atoms with Gasteiger partial charge in [0.05, 0.1) is 18.1 Å². The smallest absolute Gasteiger partial charge is 0.251 e. The number of nitrogens with one attached hydrogen (secondary N) is 1. The van der Waals surface area contributed by atoms with Crippen LogP contribution in [0.5, 0.6) is 0 Å². The van der Waals surface area contributed by atoms with E-state index < -0.39 is 0 Å². The third-order valence-electron chi connectivity index (χ3n) is 2.61. The first-order chi connectivity index (χ1) is 8.81. The molecule has 0 spiro atoms. The lowest BCUT2D eigenvalue weighted by Gasteiger charge is -2.06. The van der Waals surface area contributed by atoms with Crippen molar-refractivity contribution in [1.82, 2.24) is 20.3 Å². The van der Waals surface area contributed by atoms with Gasteiger partial charge in [0.15, 0.2) is 0 Å². The summed E-state index contributed by atoms with van der Waals surface area (Å²) in [5.74, 6) is -0.0505. The van der Waals surface area contributed by atoms with Gasteiger partial charge in [0.1, 0.15) is 0 Å². The van der Waals surface area contributed by atoms with Crippen LogP contribution in [0.4, 0.5) is 0 Å². The van der Waals surface area contributed by atoms with Crippen molar-refractivity contribution in [2.75, 3.05) is 6.54 Å². The van der Waals surface area contributed by atoms with Gasteiger partial charge in [-0.15, -0.1) is 5.10 Å². The first-order valence-electron chi connectivity index (χ1n) is 6.06. The number of hydrogen-bond acceptors (Lipinski definition) is 3. The van der Waals surface area contributed by atoms with Crippen LogP contribution in [-0.4, -0.2) is 27.4 Å². The van der Waals surface area contributed by atoms with Crippen molar-refractivity contribution < 1.29 is 4.79 Å². The number of amides is 1. The van der Waals surface area contributed by atoms with Crippen LogP contribution in [-0.2, 0) is 0 Å². The van der Waals surface area contributed by atoms with Crippen LogP contribution in [0, 0.1) is 0 Å². The van der Waals surface area contributed by atoms with Gasteiger partial charge in [-0.05, 0) is 24.6 Å². The van der Waals surface area contributed by atoms with Crippen LogP contribution in [0.3, 0.4) is 0 Å². The Morgan fingerprint density at radius 2 is 2.33 bits per heavy atom. The van der Waals surface area contributed by atoms with Crippen LogP contribution < -0.4 is 5.32 Å². The molecule has 0 aliphatic heterocycles. The molecule has 5 nitrogen and oxygen atoms in total. The molecule has 2 aromatic rings. The van der Waals surface area contributed by atoms with E-state index in [2.05, 4.69) is 22.6 Å². The van der Waals surface area contributed by atoms with E-state index in [9.17, 15) is 4.79 Å². The number of rotatable bonds is 5. The summed E-state index contributed by atoms with van der Waals surface area (Å²) in [4.78, 5) is 11.9. The van der Waals surface area contributed by atoms with Crippen LogP contribution in [0.25, 0.3) is 5.69 Å². The van der Waals surface area contributed by atoms with E-state index in [1.54, 1.807) is 29.2 Å². The molecule has 0 atom stereocenters. The van der Waals surface area contributed by atoms with Crippen LogP contribution in [0.2, 0.25) is 0 Å². The number of hydrogen-bond donors (Lipinski definition) is 1. The molecule has 18 heavy (non-hydrogen) atoms. The van der Waals surface area contributed by atoms with Gasteiger partial charge >= 0.3 is 0 Å². The van der Waals surface area contributed by atoms with Gasteiger partial charge in [0.25, 0.3) is 5.91 Å². The Labute approximate surface area is 106 Å². The lowest BCUT2D eigenvalue weighted by molar-refractivity contribution is 0.0953. The summed E-state index contributed by atoms with van der Waals surface area (Å²) >= 11 is 0. The molecule has 1 heterocycles. The molecule has 2 rings (SSSR count). The zero-order valence-corrected chi connectivity index (χ0v) is 10.3. The highest BCUT2D eigenvalue weighted by Crippen LogP contribution is 2.09. The SMILES string of the molecule is CCCCNC(=O)c1cccc(-n2ccnn2)c1. The Bertz CT molecular complexity index is 507. The molecule has 0 saturated heterocycles. The van der Waals surface area contributed by atoms with Crippen LogP contribution in [0.15, 0.2) is 36.7 Å². The van der Waals surface area contributed by atoms with Crippen molar-refractivity contribution in [2.24, 2.45) is 0 Å². The maximum absolute atomic E-state index is 11.9. The van der Waals surface area contributed by atoms with Crippen molar-refractivity contribution >= 4 is 5.91 Å². The lowest BCUT2D eigenvalue weighted by atomic mass is 10.2. The molecule has 1 aromatic heterocycles. The van der Waals surface area contributed by atoms with Crippen LogP contribution >= 0.6 is 0 Å². The summed E-state index contributed by atoms with van der Waals surface area (Å²) in [5.41, 5.74) is 1.47. The Balaban J connectivity index is 2.10. The fourth-order valence-electron chi connectivity index (χ4n) is 1.62. The predicted octanol–water partition coefficient (Wildman–Crippen LogP) is 1.80. The van der Waals surface area contributed by atoms with Crippen molar-refractivity contribution in [2.45, 2.75) is 19.8 Å². The molecule has 0 saturated carbocycles. The monoisotopic (exact) mass is 244 g/mol. The van der Waals surface area contributed by atoms with Gasteiger partial charge in [-0.25, -0.2) is 4.68 Å². The maximum Gasteiger partial charge on any atom is 0.251 e. The summed E-state index contributed by atoms with van der Waals surface area (Å²) < 4.78 is 1.63. The summed E-state index contributed by atoms with van der Waals surface area (Å²) in [7, 11) is 0. The molecule has 1 N–H and O–H groups in total. The first-order valence-corrected chi connectivity index (χ1v) is 6.06. The molecule has 1 aromatic carbocycles. The van der Waals surface area contributed by atoms with Crippen molar-refractivity contribution in [3.63, 3.8) is 0 Å². The number of nitrogens with zero attached hydrogens (tertiary/aromatic N) is 3. The summed E-state index contributed by atoms with van der Waals surface area (Å²) in [6.45, 7) is 2.81. The van der Waals surface area contributed by atoms with E-state index in [1.807, 2.05) is 12.1 Å². The minimum Gasteiger partial charge on any atom is -0.352 e. The predicted molar refractivity (Wildman–Crippen MR) is 68.6 cm³/mol. The number of aromatic nitrogens is 3. The molecular weight excluding hydrogens is 228 g/mol. The Hall–Kier alpha value is -2.17. The van der Waals surface area contributed by atoms with Crippen LogP contribution in [0.1, 0.15) is 30.1 Å². The molecule has 94 valence electrons. The summed E-state index contributed by atoms with van der Waals surface area (Å²) in [6.07, 6.45) is 5.41. The van der Waals surface area contributed by atoms with E-state index in [0.717, 1.165) is 18.5 Å². The highest BCUT2D eigenvalue weighted by Gasteiger charge is 2.06. The number of benzene rings is 1. The Morgan fingerprint density at radius 1 is 1.44 bits per heavy atom. The molecule has 0 unspecified atom stereocenters. The number of unbranched alkanes of at least 4 members (excludes halogenated alkanes) is 1. The van der Waals surface area contributed by atoms with E-state index in [4.69, 9.17) is 0 Å². The highest BCUT2D eigenvalue weighted by atomic mass is 16.1. The fourth-order valence-corrected chi connectivity index (χ4v) is 1.62. The summed E-state index contributed by atoms with van der Waals surface area (Å²) in [6, 6.07) is 7.32. The molecular formula is C13H16N4O. The molecule has 0 radical (unpaired) electrons. The zero-order chi connectivity index (χ0) is 12.8. The van der Waals surface area contributed by atoms with Gasteiger partial charge in [-0.1, -0.05) is 24.6 Å². The third-order valence-corrected chi connectivity index (χ3v) is 2.61. The second-order valence-corrected chi connectivity index (χ2v) is 4.01. The average molecular weight is 244 g/mol. The maximum atomic E-state index is 11.9. The molecule has 0 bridgehead atoms. The Morgan fingerprint density at radius 3 is 3.06 bits per heavy atom. The molecule has 0 aliphatic rings. The number of carbonyl (C=O) groups excluding carboxylic acids is 1. The van der Waals surface area contributed by atoms with Gasteiger partial charge in [0.2, 0.25) is 0 Å². The molecule has 0 fully saturated rings.